The molecule has 0 unspecified atom stereocenters. The second kappa shape index (κ2) is 8.58. The fourth-order valence-corrected chi connectivity index (χ4v) is 3.83. The van der Waals surface area contributed by atoms with E-state index in [4.69, 9.17) is 9.47 Å². The summed E-state index contributed by atoms with van der Waals surface area (Å²) in [7, 11) is 1.68. The Kier molecular flexibility index (Phi) is 5.73. The molecule has 1 fully saturated rings. The number of benzene rings is 1. The van der Waals surface area contributed by atoms with Crippen LogP contribution in [0.1, 0.15) is 36.0 Å². The van der Waals surface area contributed by atoms with E-state index in [-0.39, 0.29) is 18.1 Å². The Bertz CT molecular complexity index is 911. The van der Waals surface area contributed by atoms with Crippen LogP contribution in [-0.2, 0) is 9.47 Å². The highest BCUT2D eigenvalue weighted by atomic mass is 16.5. The molecule has 1 saturated carbocycles. The molecule has 3 aromatic rings. The Hall–Kier alpha value is -2.64. The van der Waals surface area contributed by atoms with E-state index in [1.165, 1.54) is 0 Å². The lowest BCUT2D eigenvalue weighted by Crippen LogP contribution is -2.39. The van der Waals surface area contributed by atoms with Crippen LogP contribution in [0, 0.1) is 0 Å². The van der Waals surface area contributed by atoms with Crippen LogP contribution >= 0.6 is 0 Å². The average molecular weight is 382 g/mol. The van der Waals surface area contributed by atoms with Crippen molar-refractivity contribution in [2.75, 3.05) is 20.3 Å². The molecule has 0 aliphatic heterocycles. The first-order chi connectivity index (χ1) is 13.7. The molecule has 28 heavy (non-hydrogen) atoms. The van der Waals surface area contributed by atoms with Crippen LogP contribution in [0.3, 0.4) is 0 Å². The highest BCUT2D eigenvalue weighted by Gasteiger charge is 2.24. The number of methoxy groups -OCH3 is 1. The number of amides is 1. The number of nitrogens with one attached hydrogen (secondary N) is 2. The van der Waals surface area contributed by atoms with Gasteiger partial charge in [0.25, 0.3) is 5.91 Å². The van der Waals surface area contributed by atoms with Crippen LogP contribution in [0.2, 0.25) is 0 Å². The molecule has 4 rings (SSSR count). The van der Waals surface area contributed by atoms with Gasteiger partial charge in [-0.15, -0.1) is 0 Å². The Morgan fingerprint density at radius 2 is 2.14 bits per heavy atom. The van der Waals surface area contributed by atoms with Crippen molar-refractivity contribution in [3.05, 3.63) is 48.7 Å². The van der Waals surface area contributed by atoms with Crippen molar-refractivity contribution in [1.82, 2.24) is 19.9 Å². The smallest absolute Gasteiger partial charge is 0.253 e. The number of fused-ring (bicyclic) bond motifs is 1. The SMILES string of the molecule is COCCOC1CCC(NC(=O)c2cc(-n3ccnc3)cc3cc[nH]c23)CC1. The van der Waals surface area contributed by atoms with Crippen LogP contribution in [0.5, 0.6) is 0 Å². The highest BCUT2D eigenvalue weighted by Crippen LogP contribution is 2.25. The summed E-state index contributed by atoms with van der Waals surface area (Å²) in [5.41, 5.74) is 2.44. The molecule has 0 bridgehead atoms. The Morgan fingerprint density at radius 3 is 2.89 bits per heavy atom. The number of H-pyrrole nitrogens is 1. The topological polar surface area (TPSA) is 81.2 Å². The van der Waals surface area contributed by atoms with E-state index in [9.17, 15) is 4.79 Å². The van der Waals surface area contributed by atoms with E-state index in [0.29, 0.717) is 18.8 Å². The first kappa shape index (κ1) is 18.7. The molecule has 1 aromatic carbocycles. The minimum absolute atomic E-state index is 0.0434. The summed E-state index contributed by atoms with van der Waals surface area (Å²) >= 11 is 0. The van der Waals surface area contributed by atoms with E-state index in [2.05, 4.69) is 15.3 Å². The minimum atomic E-state index is -0.0434. The van der Waals surface area contributed by atoms with Crippen molar-refractivity contribution in [3.8, 4) is 5.69 Å². The van der Waals surface area contributed by atoms with Gasteiger partial charge in [-0.25, -0.2) is 4.98 Å². The molecule has 0 spiro atoms. The Labute approximate surface area is 164 Å². The van der Waals surface area contributed by atoms with E-state index in [0.717, 1.165) is 42.3 Å². The van der Waals surface area contributed by atoms with Crippen molar-refractivity contribution >= 4 is 16.8 Å². The molecule has 2 N–H and O–H groups in total. The molecular weight excluding hydrogens is 356 g/mol. The van der Waals surface area contributed by atoms with Gasteiger partial charge in [-0.05, 0) is 43.9 Å². The molecule has 7 heteroatoms. The van der Waals surface area contributed by atoms with Crippen molar-refractivity contribution in [3.63, 3.8) is 0 Å². The van der Waals surface area contributed by atoms with Crippen molar-refractivity contribution in [2.24, 2.45) is 0 Å². The summed E-state index contributed by atoms with van der Waals surface area (Å²) < 4.78 is 12.8. The lowest BCUT2D eigenvalue weighted by molar-refractivity contribution is -0.00408. The lowest BCUT2D eigenvalue weighted by Gasteiger charge is -2.29. The molecule has 2 heterocycles. The summed E-state index contributed by atoms with van der Waals surface area (Å²) in [6.07, 6.45) is 11.2. The van der Waals surface area contributed by atoms with Gasteiger partial charge in [0.2, 0.25) is 0 Å². The van der Waals surface area contributed by atoms with E-state index in [1.807, 2.05) is 35.2 Å². The quantitative estimate of drug-likeness (QED) is 0.616. The van der Waals surface area contributed by atoms with Crippen molar-refractivity contribution in [1.29, 1.82) is 0 Å². The summed E-state index contributed by atoms with van der Waals surface area (Å²) in [4.78, 5) is 20.3. The summed E-state index contributed by atoms with van der Waals surface area (Å²) in [6, 6.07) is 6.12. The van der Waals surface area contributed by atoms with Crippen LogP contribution in [0.4, 0.5) is 0 Å². The predicted octanol–water partition coefficient (Wildman–Crippen LogP) is 3.06. The molecule has 1 amide bonds. The number of aromatic nitrogens is 3. The molecule has 1 aliphatic rings. The fraction of sp³-hybridized carbons (Fsp3) is 0.429. The summed E-state index contributed by atoms with van der Waals surface area (Å²) in [5.74, 6) is -0.0434. The number of aromatic amines is 1. The number of hydrogen-bond donors (Lipinski definition) is 2. The van der Waals surface area contributed by atoms with Crippen LogP contribution in [-0.4, -0.2) is 52.9 Å². The van der Waals surface area contributed by atoms with Gasteiger partial charge in [-0.2, -0.15) is 0 Å². The molecule has 148 valence electrons. The number of nitrogens with zero attached hydrogens (tertiary/aromatic N) is 2. The average Bonchev–Trinajstić information content (AvgIpc) is 3.40. The third kappa shape index (κ3) is 4.10. The monoisotopic (exact) mass is 382 g/mol. The van der Waals surface area contributed by atoms with Gasteiger partial charge in [0.05, 0.1) is 36.7 Å². The van der Waals surface area contributed by atoms with Crippen LogP contribution < -0.4 is 5.32 Å². The molecule has 1 aliphatic carbocycles. The zero-order valence-electron chi connectivity index (χ0n) is 16.1. The number of imidazole rings is 1. The molecule has 2 aromatic heterocycles. The normalized spacial score (nSPS) is 19.8. The predicted molar refractivity (Wildman–Crippen MR) is 107 cm³/mol. The van der Waals surface area contributed by atoms with Gasteiger partial charge in [0.1, 0.15) is 0 Å². The number of rotatable bonds is 7. The minimum Gasteiger partial charge on any atom is -0.382 e. The first-order valence-corrected chi connectivity index (χ1v) is 9.75. The summed E-state index contributed by atoms with van der Waals surface area (Å²) in [6.45, 7) is 1.25. The van der Waals surface area contributed by atoms with Gasteiger partial charge < -0.3 is 24.3 Å². The zero-order chi connectivity index (χ0) is 19.3. The van der Waals surface area contributed by atoms with Gasteiger partial charge in [0.15, 0.2) is 0 Å². The number of carbonyl (C=O) groups excluding carboxylic acids is 1. The van der Waals surface area contributed by atoms with Crippen molar-refractivity contribution < 1.29 is 14.3 Å². The van der Waals surface area contributed by atoms with Gasteiger partial charge in [0, 0.05) is 42.8 Å². The fourth-order valence-electron chi connectivity index (χ4n) is 3.83. The molecular formula is C21H26N4O3. The highest BCUT2D eigenvalue weighted by molar-refractivity contribution is 6.06. The molecule has 7 nitrogen and oxygen atoms in total. The Balaban J connectivity index is 1.44. The van der Waals surface area contributed by atoms with Gasteiger partial charge >= 0.3 is 0 Å². The standard InChI is InChI=1S/C21H26N4O3/c1-27-10-11-28-18-4-2-16(3-5-18)24-21(26)19-13-17(25-9-8-22-14-25)12-15-6-7-23-20(15)19/h6-9,12-14,16,18,23H,2-5,10-11H2,1H3,(H,24,26). The van der Waals surface area contributed by atoms with E-state index < -0.39 is 0 Å². The van der Waals surface area contributed by atoms with Gasteiger partial charge in [-0.1, -0.05) is 0 Å². The largest absolute Gasteiger partial charge is 0.382 e. The first-order valence-electron chi connectivity index (χ1n) is 9.75. The Morgan fingerprint density at radius 1 is 1.29 bits per heavy atom. The van der Waals surface area contributed by atoms with Crippen LogP contribution in [0.25, 0.3) is 16.6 Å². The third-order valence-corrected chi connectivity index (χ3v) is 5.34. The second-order valence-corrected chi connectivity index (χ2v) is 7.22. The van der Waals surface area contributed by atoms with E-state index in [1.54, 1.807) is 19.6 Å². The third-order valence-electron chi connectivity index (χ3n) is 5.34. The molecule has 0 saturated heterocycles. The van der Waals surface area contributed by atoms with Crippen LogP contribution in [0.15, 0.2) is 43.1 Å². The molecule has 0 radical (unpaired) electrons. The van der Waals surface area contributed by atoms with Gasteiger partial charge in [-0.3, -0.25) is 4.79 Å². The number of ether oxygens (including phenoxy) is 2. The maximum Gasteiger partial charge on any atom is 0.253 e. The summed E-state index contributed by atoms with van der Waals surface area (Å²) in [5, 5.41) is 4.22. The lowest BCUT2D eigenvalue weighted by atomic mass is 9.92. The number of carbonyl (C=O) groups is 1. The maximum absolute atomic E-state index is 13.0. The zero-order valence-corrected chi connectivity index (χ0v) is 16.1. The van der Waals surface area contributed by atoms with E-state index >= 15 is 0 Å². The number of hydrogen-bond acceptors (Lipinski definition) is 4. The second-order valence-electron chi connectivity index (χ2n) is 7.22. The maximum atomic E-state index is 13.0. The van der Waals surface area contributed by atoms with Crippen molar-refractivity contribution in [2.45, 2.75) is 37.8 Å². The molecule has 0 atom stereocenters.